The highest BCUT2D eigenvalue weighted by atomic mass is 28.3. The van der Waals surface area contributed by atoms with Gasteiger partial charge in [0.2, 0.25) is 11.6 Å². The average Bonchev–Trinajstić information content (AvgIpc) is 2.88. The summed E-state index contributed by atoms with van der Waals surface area (Å²) in [4.78, 5) is 25.2. The number of carbonyl (C=O) groups is 2. The van der Waals surface area contributed by atoms with Crippen LogP contribution >= 0.6 is 0 Å². The Balaban J connectivity index is 2.32. The van der Waals surface area contributed by atoms with E-state index in [0.717, 1.165) is 25.7 Å². The van der Waals surface area contributed by atoms with E-state index >= 15 is 8.78 Å². The number of hydrogen-bond acceptors (Lipinski definition) is 5. The fourth-order valence-corrected chi connectivity index (χ4v) is 5.73. The van der Waals surface area contributed by atoms with Gasteiger partial charge in [-0.1, -0.05) is 70.8 Å². The number of ether oxygens (including phenoxy) is 3. The number of halogens is 3. The van der Waals surface area contributed by atoms with Gasteiger partial charge in [0.05, 0.1) is 18.8 Å². The molecule has 0 heterocycles. The number of hydrogen-bond donors (Lipinski definition) is 0. The number of unbranched alkanes of at least 4 members (excludes halogenated alkanes) is 2. The molecule has 1 atom stereocenters. The maximum absolute atomic E-state index is 15.5. The highest BCUT2D eigenvalue weighted by Gasteiger charge is 2.34. The van der Waals surface area contributed by atoms with Crippen LogP contribution in [0.15, 0.2) is 30.3 Å². The first-order valence-electron chi connectivity index (χ1n) is 13.0. The molecule has 5 nitrogen and oxygen atoms in total. The third-order valence-electron chi connectivity index (χ3n) is 6.21. The van der Waals surface area contributed by atoms with E-state index in [0.29, 0.717) is 24.8 Å². The van der Waals surface area contributed by atoms with Gasteiger partial charge >= 0.3 is 11.9 Å². The van der Waals surface area contributed by atoms with E-state index in [1.54, 1.807) is 18.2 Å². The van der Waals surface area contributed by atoms with Crippen LogP contribution in [0.5, 0.6) is 11.5 Å². The molecule has 2 rings (SSSR count). The number of rotatable bonds is 15. The summed E-state index contributed by atoms with van der Waals surface area (Å²) in [5, 5.41) is 0. The standard InChI is InChI=1S/C28H37F3O5Si/c1-5-7-15-20(37(3)4)16-12-18-34-26-23(30)22(29)21(28(33)35-17-8-6-2)25(24(26)31)36-27(32)19-13-10-9-11-14-19/h9-11,13-14,20,37H,5-8,12,15-18H2,1-4H3. The molecule has 0 fully saturated rings. The molecule has 9 heteroatoms. The Morgan fingerprint density at radius 2 is 1.46 bits per heavy atom. The first kappa shape index (κ1) is 30.4. The Morgan fingerprint density at radius 1 is 0.811 bits per heavy atom. The van der Waals surface area contributed by atoms with Gasteiger partial charge < -0.3 is 14.2 Å². The molecule has 0 aliphatic heterocycles. The van der Waals surface area contributed by atoms with Crippen molar-refractivity contribution in [3.63, 3.8) is 0 Å². The zero-order valence-electron chi connectivity index (χ0n) is 22.1. The van der Waals surface area contributed by atoms with Crippen LogP contribution in [0, 0.1) is 17.5 Å². The number of carbonyl (C=O) groups excluding carboxylic acids is 2. The molecule has 37 heavy (non-hydrogen) atoms. The van der Waals surface area contributed by atoms with Crippen molar-refractivity contribution in [1.29, 1.82) is 0 Å². The molecule has 1 unspecified atom stereocenters. The Kier molecular flexibility index (Phi) is 12.7. The topological polar surface area (TPSA) is 61.8 Å². The molecule has 0 bridgehead atoms. The monoisotopic (exact) mass is 538 g/mol. The lowest BCUT2D eigenvalue weighted by Crippen LogP contribution is -2.19. The molecule has 0 aromatic heterocycles. The largest absolute Gasteiger partial charge is 0.487 e. The summed E-state index contributed by atoms with van der Waals surface area (Å²) in [5.74, 6) is -9.27. The van der Waals surface area contributed by atoms with Crippen molar-refractivity contribution in [3.05, 3.63) is 58.9 Å². The molecule has 0 spiro atoms. The maximum atomic E-state index is 15.5. The van der Waals surface area contributed by atoms with Crippen molar-refractivity contribution in [2.45, 2.75) is 77.4 Å². The molecule has 0 aliphatic carbocycles. The summed E-state index contributed by atoms with van der Waals surface area (Å²) >= 11 is 0. The van der Waals surface area contributed by atoms with E-state index in [1.165, 1.54) is 12.1 Å². The predicted octanol–water partition coefficient (Wildman–Crippen LogP) is 7.49. The first-order valence-corrected chi connectivity index (χ1v) is 16.0. The molecule has 0 saturated carbocycles. The molecule has 0 radical (unpaired) electrons. The minimum absolute atomic E-state index is 0.0374. The second kappa shape index (κ2) is 15.4. The van der Waals surface area contributed by atoms with Gasteiger partial charge in [0.15, 0.2) is 17.3 Å². The van der Waals surface area contributed by atoms with Crippen molar-refractivity contribution >= 4 is 20.7 Å². The molecule has 204 valence electrons. The fourth-order valence-electron chi connectivity index (χ4n) is 3.93. The first-order chi connectivity index (χ1) is 17.7. The Bertz CT molecular complexity index is 1030. The van der Waals surface area contributed by atoms with Crippen LogP contribution in [0.4, 0.5) is 13.2 Å². The van der Waals surface area contributed by atoms with Crippen molar-refractivity contribution in [3.8, 4) is 11.5 Å². The highest BCUT2D eigenvalue weighted by Crippen LogP contribution is 2.37. The maximum Gasteiger partial charge on any atom is 0.345 e. The van der Waals surface area contributed by atoms with Gasteiger partial charge in [-0.2, -0.15) is 8.78 Å². The van der Waals surface area contributed by atoms with Crippen LogP contribution in [0.1, 0.15) is 79.5 Å². The lowest BCUT2D eigenvalue weighted by Gasteiger charge is -2.20. The summed E-state index contributed by atoms with van der Waals surface area (Å²) in [6, 6.07) is 7.58. The summed E-state index contributed by atoms with van der Waals surface area (Å²) in [5.41, 5.74) is -0.513. The van der Waals surface area contributed by atoms with Crippen molar-refractivity contribution in [2.24, 2.45) is 0 Å². The number of benzene rings is 2. The van der Waals surface area contributed by atoms with Crippen molar-refractivity contribution in [1.82, 2.24) is 0 Å². The van der Waals surface area contributed by atoms with Crippen LogP contribution in [-0.2, 0) is 4.74 Å². The predicted molar refractivity (Wildman–Crippen MR) is 140 cm³/mol. The average molecular weight is 539 g/mol. The lowest BCUT2D eigenvalue weighted by molar-refractivity contribution is 0.0484. The van der Waals surface area contributed by atoms with E-state index in [-0.39, 0.29) is 18.8 Å². The van der Waals surface area contributed by atoms with Gasteiger partial charge in [-0.25, -0.2) is 14.0 Å². The normalized spacial score (nSPS) is 11.9. The lowest BCUT2D eigenvalue weighted by atomic mass is 10.1. The van der Waals surface area contributed by atoms with Crippen LogP contribution in [0.2, 0.25) is 18.6 Å². The van der Waals surface area contributed by atoms with E-state index in [2.05, 4.69) is 20.0 Å². The molecular formula is C28H37F3O5Si. The van der Waals surface area contributed by atoms with Gasteiger partial charge in [-0.05, 0) is 36.9 Å². The van der Waals surface area contributed by atoms with Gasteiger partial charge in [-0.3, -0.25) is 0 Å². The molecule has 0 N–H and O–H groups in total. The zero-order chi connectivity index (χ0) is 27.4. The summed E-state index contributed by atoms with van der Waals surface area (Å²) < 4.78 is 60.9. The van der Waals surface area contributed by atoms with Gasteiger partial charge in [0.1, 0.15) is 5.56 Å². The second-order valence-electron chi connectivity index (χ2n) is 9.36. The van der Waals surface area contributed by atoms with E-state index < -0.39 is 55.2 Å². The van der Waals surface area contributed by atoms with E-state index in [1.807, 2.05) is 6.92 Å². The summed E-state index contributed by atoms with van der Waals surface area (Å²) in [6.07, 6.45) is 5.84. The minimum Gasteiger partial charge on any atom is -0.487 e. The Morgan fingerprint density at radius 3 is 2.08 bits per heavy atom. The van der Waals surface area contributed by atoms with E-state index in [9.17, 15) is 14.0 Å². The summed E-state index contributed by atoms with van der Waals surface area (Å²) in [6.45, 7) is 8.38. The van der Waals surface area contributed by atoms with Crippen LogP contribution in [0.25, 0.3) is 0 Å². The summed E-state index contributed by atoms with van der Waals surface area (Å²) in [7, 11) is -0.919. The quantitative estimate of drug-likeness (QED) is 0.0773. The van der Waals surface area contributed by atoms with Crippen molar-refractivity contribution < 1.29 is 37.0 Å². The molecule has 0 aliphatic rings. The fraction of sp³-hybridized carbons (Fsp3) is 0.500. The SMILES string of the molecule is CCCCOC(=O)c1c(F)c(F)c(OCCCC(CCCC)[SiH](C)C)c(F)c1OC(=O)c1ccccc1. The van der Waals surface area contributed by atoms with Gasteiger partial charge in [-0.15, -0.1) is 0 Å². The zero-order valence-corrected chi connectivity index (χ0v) is 23.2. The number of esters is 2. The molecule has 0 amide bonds. The minimum atomic E-state index is -1.69. The third kappa shape index (κ3) is 8.62. The molecule has 2 aromatic rings. The van der Waals surface area contributed by atoms with Crippen molar-refractivity contribution in [2.75, 3.05) is 13.2 Å². The van der Waals surface area contributed by atoms with Crippen LogP contribution in [-0.4, -0.2) is 33.9 Å². The third-order valence-corrected chi connectivity index (χ3v) is 8.77. The van der Waals surface area contributed by atoms with E-state index in [4.69, 9.17) is 14.2 Å². The molecule has 0 saturated heterocycles. The Hall–Kier alpha value is -2.81. The van der Waals surface area contributed by atoms with Crippen LogP contribution < -0.4 is 9.47 Å². The molecule has 2 aromatic carbocycles. The molecular weight excluding hydrogens is 501 g/mol. The van der Waals surface area contributed by atoms with Gasteiger partial charge in [0.25, 0.3) is 0 Å². The second-order valence-corrected chi connectivity index (χ2v) is 12.8. The highest BCUT2D eigenvalue weighted by molar-refractivity contribution is 6.57. The Labute approximate surface area is 218 Å². The van der Waals surface area contributed by atoms with Gasteiger partial charge in [0, 0.05) is 8.80 Å². The smallest absolute Gasteiger partial charge is 0.345 e. The van der Waals surface area contributed by atoms with Crippen LogP contribution in [0.3, 0.4) is 0 Å².